The fraction of sp³-hybridized carbons (Fsp3) is 0.300. The van der Waals surface area contributed by atoms with E-state index in [0.29, 0.717) is 23.7 Å². The number of sulfonamides is 1. The summed E-state index contributed by atoms with van der Waals surface area (Å²) in [5, 5.41) is 5.23. The lowest BCUT2D eigenvalue weighted by Gasteiger charge is -2.15. The summed E-state index contributed by atoms with van der Waals surface area (Å²) in [5.41, 5.74) is 0.988. The van der Waals surface area contributed by atoms with E-state index in [9.17, 15) is 18.0 Å². The minimum atomic E-state index is -3.91. The maximum absolute atomic E-state index is 12.5. The van der Waals surface area contributed by atoms with E-state index in [1.54, 1.807) is 24.3 Å². The number of carbonyl (C=O) groups excluding carboxylic acids is 2. The molecule has 1 atom stereocenters. The third-order valence-electron chi connectivity index (χ3n) is 3.78. The van der Waals surface area contributed by atoms with Gasteiger partial charge in [-0.1, -0.05) is 13.0 Å². The molecule has 0 aliphatic rings. The Kier molecular flexibility index (Phi) is 7.74. The monoisotopic (exact) mass is 419 g/mol. The molecule has 2 rings (SSSR count). The molecule has 0 aliphatic carbocycles. The van der Waals surface area contributed by atoms with Crippen molar-refractivity contribution in [1.82, 2.24) is 4.72 Å². The van der Waals surface area contributed by atoms with Crippen LogP contribution in [0.2, 0.25) is 0 Å². The molecule has 0 heterocycles. The number of nitrogens with one attached hydrogen (secondary N) is 3. The van der Waals surface area contributed by atoms with E-state index in [1.165, 1.54) is 38.1 Å². The highest BCUT2D eigenvalue weighted by Crippen LogP contribution is 2.18. The second-order valence-corrected chi connectivity index (χ2v) is 8.13. The Morgan fingerprint density at radius 3 is 2.34 bits per heavy atom. The largest absolute Gasteiger partial charge is 0.494 e. The highest BCUT2D eigenvalue weighted by atomic mass is 32.2. The Hall–Kier alpha value is -2.91. The Morgan fingerprint density at radius 2 is 1.72 bits per heavy atom. The fourth-order valence-electron chi connectivity index (χ4n) is 2.41. The molecule has 0 saturated carbocycles. The Labute approximate surface area is 170 Å². The van der Waals surface area contributed by atoms with Gasteiger partial charge in [0.05, 0.1) is 17.5 Å². The van der Waals surface area contributed by atoms with Gasteiger partial charge < -0.3 is 15.4 Å². The van der Waals surface area contributed by atoms with Gasteiger partial charge in [-0.2, -0.15) is 4.72 Å². The van der Waals surface area contributed by atoms with Crippen LogP contribution in [0.1, 0.15) is 27.2 Å². The molecule has 0 aromatic heterocycles. The second kappa shape index (κ2) is 10.0. The van der Waals surface area contributed by atoms with Crippen molar-refractivity contribution in [2.45, 2.75) is 38.1 Å². The molecule has 0 saturated heterocycles. The van der Waals surface area contributed by atoms with Crippen molar-refractivity contribution in [2.75, 3.05) is 17.2 Å². The van der Waals surface area contributed by atoms with Crippen molar-refractivity contribution in [3.05, 3.63) is 48.5 Å². The minimum Gasteiger partial charge on any atom is -0.494 e. The maximum Gasteiger partial charge on any atom is 0.242 e. The molecule has 156 valence electrons. The van der Waals surface area contributed by atoms with Gasteiger partial charge in [0.2, 0.25) is 21.8 Å². The van der Waals surface area contributed by atoms with Crippen molar-refractivity contribution in [2.24, 2.45) is 0 Å². The van der Waals surface area contributed by atoms with Crippen LogP contribution in [0.25, 0.3) is 0 Å². The maximum atomic E-state index is 12.5. The molecular formula is C20H25N3O5S. The van der Waals surface area contributed by atoms with Crippen LogP contribution in [0.4, 0.5) is 11.4 Å². The van der Waals surface area contributed by atoms with Gasteiger partial charge in [-0.25, -0.2) is 8.42 Å². The summed E-state index contributed by atoms with van der Waals surface area (Å²) >= 11 is 0. The van der Waals surface area contributed by atoms with E-state index >= 15 is 0 Å². The molecule has 0 radical (unpaired) electrons. The van der Waals surface area contributed by atoms with E-state index in [4.69, 9.17) is 4.74 Å². The van der Waals surface area contributed by atoms with Gasteiger partial charge >= 0.3 is 0 Å². The number of hydrogen-bond donors (Lipinski definition) is 3. The Morgan fingerprint density at radius 1 is 1.03 bits per heavy atom. The number of benzene rings is 2. The summed E-state index contributed by atoms with van der Waals surface area (Å²) in [4.78, 5) is 23.4. The first kappa shape index (κ1) is 22.4. The molecule has 0 aliphatic heterocycles. The van der Waals surface area contributed by atoms with Gasteiger partial charge in [-0.15, -0.1) is 0 Å². The van der Waals surface area contributed by atoms with Crippen LogP contribution in [0.3, 0.4) is 0 Å². The SMILES string of the molecule is CCCOc1cccc(NC(=O)[C@H](C)NS(=O)(=O)c2ccc(NC(C)=O)cc2)c1. The van der Waals surface area contributed by atoms with Crippen molar-refractivity contribution < 1.29 is 22.7 Å². The van der Waals surface area contributed by atoms with E-state index in [1.807, 2.05) is 6.92 Å². The molecule has 2 aromatic rings. The number of rotatable bonds is 9. The zero-order chi connectivity index (χ0) is 21.4. The zero-order valence-corrected chi connectivity index (χ0v) is 17.4. The molecule has 8 nitrogen and oxygen atoms in total. The molecule has 3 N–H and O–H groups in total. The van der Waals surface area contributed by atoms with Crippen LogP contribution in [-0.4, -0.2) is 32.9 Å². The summed E-state index contributed by atoms with van der Waals surface area (Å²) in [6.45, 7) is 5.37. The molecule has 0 bridgehead atoms. The quantitative estimate of drug-likeness (QED) is 0.578. The third-order valence-corrected chi connectivity index (χ3v) is 5.34. The Bertz CT molecular complexity index is 958. The molecule has 0 spiro atoms. The normalized spacial score (nSPS) is 12.1. The summed E-state index contributed by atoms with van der Waals surface area (Å²) < 4.78 is 32.9. The smallest absolute Gasteiger partial charge is 0.242 e. The second-order valence-electron chi connectivity index (χ2n) is 6.41. The van der Waals surface area contributed by atoms with Gasteiger partial charge in [0.1, 0.15) is 5.75 Å². The average Bonchev–Trinajstić information content (AvgIpc) is 2.66. The van der Waals surface area contributed by atoms with Gasteiger partial charge in [-0.05, 0) is 49.7 Å². The fourth-order valence-corrected chi connectivity index (χ4v) is 3.61. The first-order valence-electron chi connectivity index (χ1n) is 9.15. The lowest BCUT2D eigenvalue weighted by atomic mass is 10.2. The predicted molar refractivity (Wildman–Crippen MR) is 111 cm³/mol. The summed E-state index contributed by atoms with van der Waals surface area (Å²) in [5.74, 6) is -0.138. The molecule has 2 aromatic carbocycles. The van der Waals surface area contributed by atoms with Crippen molar-refractivity contribution in [3.8, 4) is 5.75 Å². The molecule has 2 amide bonds. The summed E-state index contributed by atoms with van der Waals surface area (Å²) in [6, 6.07) is 11.5. The Balaban J connectivity index is 2.01. The molecule has 29 heavy (non-hydrogen) atoms. The van der Waals surface area contributed by atoms with E-state index in [2.05, 4.69) is 15.4 Å². The van der Waals surface area contributed by atoms with E-state index in [0.717, 1.165) is 6.42 Å². The van der Waals surface area contributed by atoms with Crippen LogP contribution >= 0.6 is 0 Å². The van der Waals surface area contributed by atoms with Crippen molar-refractivity contribution in [1.29, 1.82) is 0 Å². The molecular weight excluding hydrogens is 394 g/mol. The number of anilines is 2. The topological polar surface area (TPSA) is 114 Å². The van der Waals surface area contributed by atoms with E-state index in [-0.39, 0.29) is 10.8 Å². The number of carbonyl (C=O) groups is 2. The van der Waals surface area contributed by atoms with Crippen LogP contribution in [0.5, 0.6) is 5.75 Å². The van der Waals surface area contributed by atoms with E-state index < -0.39 is 22.0 Å². The highest BCUT2D eigenvalue weighted by molar-refractivity contribution is 7.89. The summed E-state index contributed by atoms with van der Waals surface area (Å²) in [7, 11) is -3.91. The van der Waals surface area contributed by atoms with Crippen LogP contribution in [-0.2, 0) is 19.6 Å². The van der Waals surface area contributed by atoms with Crippen molar-refractivity contribution >= 4 is 33.2 Å². The summed E-state index contributed by atoms with van der Waals surface area (Å²) in [6.07, 6.45) is 0.862. The molecule has 9 heteroatoms. The molecule has 0 fully saturated rings. The standard InChI is InChI=1S/C20H25N3O5S/c1-4-12-28-18-7-5-6-17(13-18)22-20(25)14(2)23-29(26,27)19-10-8-16(9-11-19)21-15(3)24/h5-11,13-14,23H,4,12H2,1-3H3,(H,21,24)(H,22,25)/t14-/m0/s1. The first-order chi connectivity index (χ1) is 13.7. The van der Waals surface area contributed by atoms with Gasteiger partial charge in [0.15, 0.2) is 0 Å². The van der Waals surface area contributed by atoms with Gasteiger partial charge in [0, 0.05) is 24.4 Å². The molecule has 0 unspecified atom stereocenters. The number of ether oxygens (including phenoxy) is 1. The first-order valence-corrected chi connectivity index (χ1v) is 10.6. The number of hydrogen-bond acceptors (Lipinski definition) is 5. The lowest BCUT2D eigenvalue weighted by molar-refractivity contribution is -0.117. The average molecular weight is 420 g/mol. The van der Waals surface area contributed by atoms with Crippen LogP contribution in [0, 0.1) is 0 Å². The van der Waals surface area contributed by atoms with Gasteiger partial charge in [0.25, 0.3) is 0 Å². The van der Waals surface area contributed by atoms with Gasteiger partial charge in [-0.3, -0.25) is 9.59 Å². The lowest BCUT2D eigenvalue weighted by Crippen LogP contribution is -2.41. The predicted octanol–water partition coefficient (Wildman–Crippen LogP) is 2.74. The zero-order valence-electron chi connectivity index (χ0n) is 16.6. The number of amides is 2. The minimum absolute atomic E-state index is 0.0128. The third kappa shape index (κ3) is 6.88. The van der Waals surface area contributed by atoms with Crippen molar-refractivity contribution in [3.63, 3.8) is 0 Å². The highest BCUT2D eigenvalue weighted by Gasteiger charge is 2.22. The van der Waals surface area contributed by atoms with Crippen LogP contribution < -0.4 is 20.1 Å². The van der Waals surface area contributed by atoms with Crippen LogP contribution in [0.15, 0.2) is 53.4 Å².